The molecule has 0 aromatic heterocycles. The van der Waals surface area contributed by atoms with Crippen LogP contribution >= 0.6 is 0 Å². The molecule has 17 heavy (non-hydrogen) atoms. The minimum Gasteiger partial charge on any atom is -0.373 e. The summed E-state index contributed by atoms with van der Waals surface area (Å²) in [5, 5.41) is 8.70. The molecular weight excluding hydrogens is 243 g/mol. The van der Waals surface area contributed by atoms with Crippen LogP contribution < -0.4 is 4.90 Å². The third-order valence-electron chi connectivity index (χ3n) is 2.25. The van der Waals surface area contributed by atoms with E-state index in [-0.39, 0.29) is 17.9 Å². The summed E-state index contributed by atoms with van der Waals surface area (Å²) in [4.78, 5) is 1.60. The summed E-state index contributed by atoms with van der Waals surface area (Å²) in [5.74, 6) is -0.521. The van der Waals surface area contributed by atoms with Crippen LogP contribution in [0, 0.1) is 17.1 Å². The van der Waals surface area contributed by atoms with Gasteiger partial charge in [0.15, 0.2) is 0 Å². The third kappa shape index (κ3) is 4.41. The molecule has 0 unspecified atom stereocenters. The zero-order valence-corrected chi connectivity index (χ0v) is 10.5. The van der Waals surface area contributed by atoms with Crippen molar-refractivity contribution >= 4 is 15.5 Å². The van der Waals surface area contributed by atoms with Crippen molar-refractivity contribution in [2.24, 2.45) is 0 Å². The lowest BCUT2D eigenvalue weighted by Crippen LogP contribution is -2.25. The Morgan fingerprint density at radius 2 is 2.06 bits per heavy atom. The van der Waals surface area contributed by atoms with E-state index in [1.165, 1.54) is 12.1 Å². The highest BCUT2D eigenvalue weighted by Gasteiger charge is 2.08. The number of nitrogens with zero attached hydrogens (tertiary/aromatic N) is 2. The zero-order valence-electron chi connectivity index (χ0n) is 9.64. The van der Waals surface area contributed by atoms with E-state index in [4.69, 9.17) is 5.26 Å². The highest BCUT2D eigenvalue weighted by atomic mass is 32.2. The maximum Gasteiger partial charge on any atom is 0.149 e. The molecule has 1 aromatic carbocycles. The number of nitriles is 1. The summed E-state index contributed by atoms with van der Waals surface area (Å²) in [6.07, 6.45) is 1.15. The maximum atomic E-state index is 13.2. The summed E-state index contributed by atoms with van der Waals surface area (Å²) in [7, 11) is -1.40. The molecule has 4 nitrogen and oxygen atoms in total. The van der Waals surface area contributed by atoms with E-state index < -0.39 is 15.7 Å². The highest BCUT2D eigenvalue weighted by Crippen LogP contribution is 2.17. The summed E-state index contributed by atoms with van der Waals surface area (Å²) >= 11 is 0. The Bertz CT molecular complexity index is 549. The number of halogens is 1. The van der Waals surface area contributed by atoms with Crippen molar-refractivity contribution in [3.05, 3.63) is 29.6 Å². The second-order valence-corrected chi connectivity index (χ2v) is 6.12. The fourth-order valence-electron chi connectivity index (χ4n) is 1.29. The van der Waals surface area contributed by atoms with E-state index >= 15 is 0 Å². The summed E-state index contributed by atoms with van der Waals surface area (Å²) in [6, 6.07) is 5.77. The number of benzene rings is 1. The SMILES string of the molecule is CN(CCS(C)(=O)=O)c1cc(F)cc(C#N)c1. The molecule has 0 atom stereocenters. The van der Waals surface area contributed by atoms with Crippen LogP contribution in [0.2, 0.25) is 0 Å². The van der Waals surface area contributed by atoms with E-state index in [1.807, 2.05) is 6.07 Å². The van der Waals surface area contributed by atoms with Crippen molar-refractivity contribution in [3.8, 4) is 6.07 Å². The van der Waals surface area contributed by atoms with E-state index in [9.17, 15) is 12.8 Å². The highest BCUT2D eigenvalue weighted by molar-refractivity contribution is 7.90. The molecule has 0 N–H and O–H groups in total. The first kappa shape index (κ1) is 13.5. The van der Waals surface area contributed by atoms with Crippen molar-refractivity contribution < 1.29 is 12.8 Å². The van der Waals surface area contributed by atoms with E-state index in [1.54, 1.807) is 11.9 Å². The number of sulfone groups is 1. The Balaban J connectivity index is 2.86. The Labute approximate surface area is 100 Å². The molecule has 0 heterocycles. The quantitative estimate of drug-likeness (QED) is 0.811. The van der Waals surface area contributed by atoms with Crippen molar-refractivity contribution in [2.75, 3.05) is 30.5 Å². The fraction of sp³-hybridized carbons (Fsp3) is 0.364. The zero-order chi connectivity index (χ0) is 13.1. The van der Waals surface area contributed by atoms with Crippen molar-refractivity contribution in [1.29, 1.82) is 5.26 Å². The predicted octanol–water partition coefficient (Wildman–Crippen LogP) is 1.18. The fourth-order valence-corrected chi connectivity index (χ4v) is 1.90. The van der Waals surface area contributed by atoms with Gasteiger partial charge in [0, 0.05) is 25.5 Å². The third-order valence-corrected chi connectivity index (χ3v) is 3.17. The van der Waals surface area contributed by atoms with Crippen molar-refractivity contribution in [2.45, 2.75) is 0 Å². The van der Waals surface area contributed by atoms with Gasteiger partial charge in [-0.2, -0.15) is 5.26 Å². The molecule has 0 aliphatic heterocycles. The molecule has 0 aliphatic rings. The predicted molar refractivity (Wildman–Crippen MR) is 64.1 cm³/mol. The van der Waals surface area contributed by atoms with Crippen LogP contribution in [0.15, 0.2) is 18.2 Å². The Kier molecular flexibility index (Phi) is 4.07. The van der Waals surface area contributed by atoms with Gasteiger partial charge >= 0.3 is 0 Å². The van der Waals surface area contributed by atoms with Crippen LogP contribution in [-0.4, -0.2) is 34.0 Å². The van der Waals surface area contributed by atoms with Gasteiger partial charge in [-0.05, 0) is 18.2 Å². The molecule has 0 amide bonds. The number of hydrogen-bond acceptors (Lipinski definition) is 4. The molecular formula is C11H13FN2O2S. The molecule has 0 bridgehead atoms. The molecule has 0 saturated heterocycles. The lowest BCUT2D eigenvalue weighted by Gasteiger charge is -2.18. The minimum atomic E-state index is -3.05. The Morgan fingerprint density at radius 1 is 1.41 bits per heavy atom. The topological polar surface area (TPSA) is 61.2 Å². The van der Waals surface area contributed by atoms with Crippen LogP contribution in [0.3, 0.4) is 0 Å². The van der Waals surface area contributed by atoms with Gasteiger partial charge in [-0.25, -0.2) is 12.8 Å². The van der Waals surface area contributed by atoms with E-state index in [0.717, 1.165) is 12.3 Å². The van der Waals surface area contributed by atoms with Gasteiger partial charge in [0.05, 0.1) is 17.4 Å². The van der Waals surface area contributed by atoms with Crippen LogP contribution in [0.4, 0.5) is 10.1 Å². The van der Waals surface area contributed by atoms with Crippen molar-refractivity contribution in [3.63, 3.8) is 0 Å². The van der Waals surface area contributed by atoms with Gasteiger partial charge in [0.2, 0.25) is 0 Å². The lowest BCUT2D eigenvalue weighted by molar-refractivity contribution is 0.601. The smallest absolute Gasteiger partial charge is 0.149 e. The molecule has 0 fully saturated rings. The van der Waals surface area contributed by atoms with E-state index in [2.05, 4.69) is 0 Å². The average Bonchev–Trinajstić information content (AvgIpc) is 2.23. The molecule has 0 saturated carbocycles. The molecule has 92 valence electrons. The molecule has 1 aromatic rings. The molecule has 0 spiro atoms. The molecule has 0 radical (unpaired) electrons. The minimum absolute atomic E-state index is 0.0120. The van der Waals surface area contributed by atoms with E-state index in [0.29, 0.717) is 5.69 Å². The van der Waals surface area contributed by atoms with Crippen LogP contribution in [0.25, 0.3) is 0 Å². The first-order valence-corrected chi connectivity index (χ1v) is 6.97. The van der Waals surface area contributed by atoms with Gasteiger partial charge in [0.25, 0.3) is 0 Å². The Morgan fingerprint density at radius 3 is 2.59 bits per heavy atom. The van der Waals surface area contributed by atoms with Crippen LogP contribution in [0.1, 0.15) is 5.56 Å². The monoisotopic (exact) mass is 256 g/mol. The van der Waals surface area contributed by atoms with Gasteiger partial charge in [-0.15, -0.1) is 0 Å². The summed E-state index contributed by atoms with van der Waals surface area (Å²) in [6.45, 7) is 0.257. The standard InChI is InChI=1S/C11H13FN2O2S/c1-14(3-4-17(2,15)16)11-6-9(8-13)5-10(12)7-11/h5-7H,3-4H2,1-2H3. The number of rotatable bonds is 4. The van der Waals surface area contributed by atoms with Crippen molar-refractivity contribution in [1.82, 2.24) is 0 Å². The van der Waals surface area contributed by atoms with Gasteiger partial charge in [-0.3, -0.25) is 0 Å². The largest absolute Gasteiger partial charge is 0.373 e. The maximum absolute atomic E-state index is 13.2. The number of hydrogen-bond donors (Lipinski definition) is 0. The second-order valence-electron chi connectivity index (χ2n) is 3.86. The molecule has 0 aliphatic carbocycles. The number of anilines is 1. The van der Waals surface area contributed by atoms with Gasteiger partial charge in [0.1, 0.15) is 15.7 Å². The van der Waals surface area contributed by atoms with Crippen LogP contribution in [-0.2, 0) is 9.84 Å². The molecule has 6 heteroatoms. The second kappa shape index (κ2) is 5.15. The van der Waals surface area contributed by atoms with Gasteiger partial charge < -0.3 is 4.90 Å². The summed E-state index contributed by atoms with van der Waals surface area (Å²) < 4.78 is 35.2. The van der Waals surface area contributed by atoms with Crippen LogP contribution in [0.5, 0.6) is 0 Å². The first-order valence-electron chi connectivity index (χ1n) is 4.91. The Hall–Kier alpha value is -1.61. The first-order chi connectivity index (χ1) is 7.81. The normalized spacial score (nSPS) is 10.9. The molecule has 1 rings (SSSR count). The summed E-state index contributed by atoms with van der Waals surface area (Å²) in [5.41, 5.74) is 0.705. The van der Waals surface area contributed by atoms with Gasteiger partial charge in [-0.1, -0.05) is 0 Å². The lowest BCUT2D eigenvalue weighted by atomic mass is 10.2. The average molecular weight is 256 g/mol.